The minimum atomic E-state index is -1.44. The molecule has 7 heteroatoms. The molecule has 2 saturated carbocycles. The molecule has 2 aromatic rings. The van der Waals surface area contributed by atoms with E-state index in [1.165, 1.54) is 37.4 Å². The van der Waals surface area contributed by atoms with E-state index in [0.29, 0.717) is 40.7 Å². The van der Waals surface area contributed by atoms with Crippen molar-refractivity contribution in [3.63, 3.8) is 0 Å². The van der Waals surface area contributed by atoms with Crippen molar-refractivity contribution in [2.24, 2.45) is 17.8 Å². The van der Waals surface area contributed by atoms with Gasteiger partial charge in [-0.15, -0.1) is 11.8 Å². The molecule has 3 unspecified atom stereocenters. The van der Waals surface area contributed by atoms with Crippen LogP contribution in [0.5, 0.6) is 0 Å². The summed E-state index contributed by atoms with van der Waals surface area (Å²) in [4.78, 5) is 17.0. The highest BCUT2D eigenvalue weighted by molar-refractivity contribution is 7.99. The summed E-state index contributed by atoms with van der Waals surface area (Å²) in [5, 5.41) is 3.74. The molecular weight excluding hydrogens is 409 g/mol. The van der Waals surface area contributed by atoms with Gasteiger partial charge in [-0.2, -0.15) is 0 Å². The van der Waals surface area contributed by atoms with Crippen molar-refractivity contribution in [1.29, 1.82) is 0 Å². The number of aryl methyl sites for hydroxylation is 1. The van der Waals surface area contributed by atoms with Crippen molar-refractivity contribution in [3.05, 3.63) is 59.0 Å². The Balaban J connectivity index is 1.28. The van der Waals surface area contributed by atoms with E-state index in [-0.39, 0.29) is 5.91 Å². The van der Waals surface area contributed by atoms with Crippen LogP contribution in [0.25, 0.3) is 0 Å². The molecule has 1 heterocycles. The number of amides is 1. The third-order valence-electron chi connectivity index (χ3n) is 6.32. The number of aromatic nitrogens is 1. The zero-order valence-electron chi connectivity index (χ0n) is 16.7. The molecule has 2 aliphatic rings. The van der Waals surface area contributed by atoms with Gasteiger partial charge in [-0.1, -0.05) is 6.42 Å². The predicted octanol–water partition coefficient (Wildman–Crippen LogP) is 5.39. The lowest BCUT2D eigenvalue weighted by molar-refractivity contribution is 0.0938. The molecule has 1 aromatic heterocycles. The second-order valence-electron chi connectivity index (χ2n) is 8.33. The average Bonchev–Trinajstić information content (AvgIpc) is 3.37. The maximum absolute atomic E-state index is 13.3. The van der Waals surface area contributed by atoms with E-state index < -0.39 is 17.5 Å². The topological polar surface area (TPSA) is 42.0 Å². The van der Waals surface area contributed by atoms with E-state index in [1.54, 1.807) is 18.3 Å². The Labute approximate surface area is 178 Å². The van der Waals surface area contributed by atoms with Crippen LogP contribution in [0, 0.1) is 35.2 Å². The maximum Gasteiger partial charge on any atom is 0.254 e. The molecule has 2 bridgehead atoms. The first kappa shape index (κ1) is 21.2. The molecule has 4 rings (SSSR count). The molecule has 2 fully saturated rings. The van der Waals surface area contributed by atoms with Gasteiger partial charge in [0.2, 0.25) is 0 Å². The minimum Gasteiger partial charge on any atom is -0.352 e. The summed E-state index contributed by atoms with van der Waals surface area (Å²) in [6.07, 6.45) is 7.87. The molecule has 3 atom stereocenters. The molecule has 1 N–H and O–H groups in total. The van der Waals surface area contributed by atoms with Crippen LogP contribution in [0.4, 0.5) is 13.2 Å². The number of rotatable bonds is 8. The highest BCUT2D eigenvalue weighted by atomic mass is 32.2. The molecule has 1 amide bonds. The smallest absolute Gasteiger partial charge is 0.254 e. The van der Waals surface area contributed by atoms with E-state index in [0.717, 1.165) is 30.5 Å². The Morgan fingerprint density at radius 1 is 1.17 bits per heavy atom. The molecule has 0 radical (unpaired) electrons. The number of nitrogens with zero attached hydrogens (tertiary/aromatic N) is 1. The van der Waals surface area contributed by atoms with Crippen molar-refractivity contribution < 1.29 is 18.0 Å². The van der Waals surface area contributed by atoms with E-state index in [4.69, 9.17) is 0 Å². The monoisotopic (exact) mass is 434 g/mol. The van der Waals surface area contributed by atoms with Gasteiger partial charge >= 0.3 is 0 Å². The fraction of sp³-hybridized carbons (Fsp3) is 0.478. The van der Waals surface area contributed by atoms with Gasteiger partial charge in [-0.05, 0) is 85.4 Å². The first-order valence-corrected chi connectivity index (χ1v) is 11.5. The lowest BCUT2D eigenvalue weighted by Gasteiger charge is -2.22. The largest absolute Gasteiger partial charge is 0.352 e. The van der Waals surface area contributed by atoms with Gasteiger partial charge in [0.1, 0.15) is 5.03 Å². The van der Waals surface area contributed by atoms with E-state index >= 15 is 0 Å². The van der Waals surface area contributed by atoms with Crippen LogP contribution < -0.4 is 5.32 Å². The second kappa shape index (κ2) is 9.41. The maximum atomic E-state index is 13.3. The van der Waals surface area contributed by atoms with Crippen LogP contribution in [0.2, 0.25) is 0 Å². The number of fused-ring (bicyclic) bond motifs is 2. The molecule has 3 nitrogen and oxygen atoms in total. The third kappa shape index (κ3) is 4.82. The summed E-state index contributed by atoms with van der Waals surface area (Å²) < 4.78 is 39.7. The number of pyridine rings is 1. The minimum absolute atomic E-state index is 0.101. The molecule has 160 valence electrons. The van der Waals surface area contributed by atoms with Crippen molar-refractivity contribution in [2.75, 3.05) is 12.3 Å². The van der Waals surface area contributed by atoms with Gasteiger partial charge < -0.3 is 5.32 Å². The first-order valence-electron chi connectivity index (χ1n) is 10.5. The Morgan fingerprint density at radius 3 is 2.67 bits per heavy atom. The Bertz CT molecular complexity index is 900. The van der Waals surface area contributed by atoms with Gasteiger partial charge in [-0.3, -0.25) is 4.79 Å². The van der Waals surface area contributed by atoms with E-state index in [9.17, 15) is 18.0 Å². The first-order chi connectivity index (χ1) is 14.5. The van der Waals surface area contributed by atoms with Gasteiger partial charge in [0.05, 0.1) is 5.56 Å². The molecule has 30 heavy (non-hydrogen) atoms. The number of benzene rings is 1. The number of carbonyl (C=O) groups is 1. The van der Waals surface area contributed by atoms with Gasteiger partial charge in [0, 0.05) is 12.7 Å². The highest BCUT2D eigenvalue weighted by Crippen LogP contribution is 2.47. The number of hydrogen-bond donors (Lipinski definition) is 1. The van der Waals surface area contributed by atoms with E-state index in [2.05, 4.69) is 10.3 Å². The number of halogens is 3. The predicted molar refractivity (Wildman–Crippen MR) is 111 cm³/mol. The zero-order chi connectivity index (χ0) is 21.1. The van der Waals surface area contributed by atoms with Crippen LogP contribution in [-0.4, -0.2) is 23.2 Å². The second-order valence-corrected chi connectivity index (χ2v) is 9.41. The molecular formula is C23H25F3N2OS. The van der Waals surface area contributed by atoms with Crippen molar-refractivity contribution in [1.82, 2.24) is 10.3 Å². The fourth-order valence-electron chi connectivity index (χ4n) is 4.82. The molecule has 0 aliphatic heterocycles. The van der Waals surface area contributed by atoms with Crippen molar-refractivity contribution in [3.8, 4) is 0 Å². The summed E-state index contributed by atoms with van der Waals surface area (Å²) >= 11 is 1.44. The normalized spacial score (nSPS) is 22.4. The number of hydrogen-bond acceptors (Lipinski definition) is 3. The van der Waals surface area contributed by atoms with Crippen LogP contribution in [0.3, 0.4) is 0 Å². The third-order valence-corrected chi connectivity index (χ3v) is 7.41. The molecule has 0 spiro atoms. The summed E-state index contributed by atoms with van der Waals surface area (Å²) in [6, 6.07) is 5.58. The SMILES string of the molecule is O=C(NCC1CC2CCC1C2)c1cccnc1SCCCc1cc(F)c(F)c(F)c1. The zero-order valence-corrected chi connectivity index (χ0v) is 17.5. The van der Waals surface area contributed by atoms with Crippen LogP contribution in [0.1, 0.15) is 48.0 Å². The summed E-state index contributed by atoms with van der Waals surface area (Å²) in [6.45, 7) is 0.723. The fourth-order valence-corrected chi connectivity index (χ4v) is 5.76. The molecule has 1 aromatic carbocycles. The molecule has 2 aliphatic carbocycles. The van der Waals surface area contributed by atoms with Crippen LogP contribution in [-0.2, 0) is 6.42 Å². The molecule has 0 saturated heterocycles. The Kier molecular flexibility index (Phi) is 6.66. The van der Waals surface area contributed by atoms with Crippen molar-refractivity contribution >= 4 is 17.7 Å². The Morgan fingerprint density at radius 2 is 1.97 bits per heavy atom. The number of carbonyl (C=O) groups excluding carboxylic acids is 1. The average molecular weight is 435 g/mol. The standard InChI is InChI=1S/C23H25F3N2OS/c24-19-11-14(12-20(25)21(19)26)3-2-8-30-23-18(4-1-7-27-23)22(29)28-13-17-10-15-5-6-16(17)9-15/h1,4,7,11-12,15-17H,2-3,5-6,8-10,13H2,(H,28,29). The summed E-state index contributed by atoms with van der Waals surface area (Å²) in [5.41, 5.74) is 0.973. The Hall–Kier alpha value is -2.02. The number of nitrogens with one attached hydrogen (secondary N) is 1. The van der Waals surface area contributed by atoms with Crippen LogP contribution >= 0.6 is 11.8 Å². The van der Waals surface area contributed by atoms with E-state index in [1.807, 2.05) is 0 Å². The van der Waals surface area contributed by atoms with Gasteiger partial charge in [-0.25, -0.2) is 18.2 Å². The van der Waals surface area contributed by atoms with Crippen LogP contribution in [0.15, 0.2) is 35.5 Å². The summed E-state index contributed by atoms with van der Waals surface area (Å²) in [7, 11) is 0. The number of thioether (sulfide) groups is 1. The summed E-state index contributed by atoms with van der Waals surface area (Å²) in [5.74, 6) is -1.04. The van der Waals surface area contributed by atoms with Crippen molar-refractivity contribution in [2.45, 2.75) is 43.6 Å². The quantitative estimate of drug-likeness (QED) is 0.344. The van der Waals surface area contributed by atoms with Gasteiger partial charge in [0.25, 0.3) is 5.91 Å². The lowest BCUT2D eigenvalue weighted by Crippen LogP contribution is -2.32. The lowest BCUT2D eigenvalue weighted by atomic mass is 9.89. The highest BCUT2D eigenvalue weighted by Gasteiger charge is 2.39. The van der Waals surface area contributed by atoms with Gasteiger partial charge in [0.15, 0.2) is 17.5 Å².